The molecule has 25 heavy (non-hydrogen) atoms. The van der Waals surface area contributed by atoms with E-state index in [1.54, 1.807) is 6.07 Å². The lowest BCUT2D eigenvalue weighted by Crippen LogP contribution is -2.36. The summed E-state index contributed by atoms with van der Waals surface area (Å²) < 4.78 is 0. The van der Waals surface area contributed by atoms with Gasteiger partial charge in [-0.3, -0.25) is 0 Å². The van der Waals surface area contributed by atoms with E-state index in [2.05, 4.69) is 62.6 Å². The van der Waals surface area contributed by atoms with Gasteiger partial charge in [0.05, 0.1) is 28.6 Å². The minimum Gasteiger partial charge on any atom is -0.351 e. The second-order valence-corrected chi connectivity index (χ2v) is 6.82. The minimum atomic E-state index is 0.0660. The lowest BCUT2D eigenvalue weighted by Gasteiger charge is -2.30. The Hall–Kier alpha value is -2.98. The summed E-state index contributed by atoms with van der Waals surface area (Å²) in [5.41, 5.74) is 9.10. The van der Waals surface area contributed by atoms with E-state index in [4.69, 9.17) is 0 Å². The van der Waals surface area contributed by atoms with Crippen LogP contribution < -0.4 is 9.80 Å². The second kappa shape index (κ2) is 5.83. The maximum absolute atomic E-state index is 9.56. The first-order valence-corrected chi connectivity index (χ1v) is 8.39. The summed E-state index contributed by atoms with van der Waals surface area (Å²) in [7, 11) is 2.00. The number of hydrogen-bond acceptors (Lipinski definition) is 4. The van der Waals surface area contributed by atoms with Crippen molar-refractivity contribution in [3.8, 4) is 12.1 Å². The summed E-state index contributed by atoms with van der Waals surface area (Å²) in [6.45, 7) is 10.7. The largest absolute Gasteiger partial charge is 0.351 e. The Morgan fingerprint density at radius 1 is 0.880 bits per heavy atom. The fraction of sp³-hybridized carbons (Fsp3) is 0.333. The molecule has 2 aromatic carbocycles. The van der Waals surface area contributed by atoms with Gasteiger partial charge >= 0.3 is 0 Å². The predicted octanol–water partition coefficient (Wildman–Crippen LogP) is 4.60. The van der Waals surface area contributed by atoms with Crippen LogP contribution in [0.25, 0.3) is 0 Å². The van der Waals surface area contributed by atoms with Gasteiger partial charge in [-0.05, 0) is 75.1 Å². The molecule has 126 valence electrons. The van der Waals surface area contributed by atoms with Crippen molar-refractivity contribution in [1.29, 1.82) is 10.5 Å². The molecule has 2 aromatic rings. The van der Waals surface area contributed by atoms with E-state index in [1.165, 1.54) is 22.3 Å². The van der Waals surface area contributed by atoms with Gasteiger partial charge in [-0.2, -0.15) is 10.5 Å². The van der Waals surface area contributed by atoms with Crippen molar-refractivity contribution in [2.45, 2.75) is 40.8 Å². The topological polar surface area (TPSA) is 54.1 Å². The molecule has 4 heteroatoms. The van der Waals surface area contributed by atoms with Crippen LogP contribution in [0, 0.1) is 50.4 Å². The zero-order valence-corrected chi connectivity index (χ0v) is 15.6. The number of rotatable bonds is 1. The smallest absolute Gasteiger partial charge is 0.103 e. The van der Waals surface area contributed by atoms with Gasteiger partial charge in [0.1, 0.15) is 12.2 Å². The minimum absolute atomic E-state index is 0.0660. The molecule has 4 nitrogen and oxygen atoms in total. The molecular formula is C21H22N4. The summed E-state index contributed by atoms with van der Waals surface area (Å²) >= 11 is 0. The first-order chi connectivity index (χ1) is 11.8. The molecule has 0 radical (unpaired) electrons. The highest BCUT2D eigenvalue weighted by Crippen LogP contribution is 2.47. The van der Waals surface area contributed by atoms with E-state index in [0.717, 1.165) is 17.1 Å². The third kappa shape index (κ3) is 2.34. The van der Waals surface area contributed by atoms with E-state index in [0.29, 0.717) is 11.1 Å². The van der Waals surface area contributed by atoms with Gasteiger partial charge in [0.2, 0.25) is 0 Å². The summed E-state index contributed by atoms with van der Waals surface area (Å²) in [5.74, 6) is 0. The molecule has 1 aliphatic heterocycles. The molecule has 0 unspecified atom stereocenters. The Bertz CT molecular complexity index is 960. The van der Waals surface area contributed by atoms with Crippen molar-refractivity contribution in [3.63, 3.8) is 0 Å². The highest BCUT2D eigenvalue weighted by molar-refractivity contribution is 5.89. The summed E-state index contributed by atoms with van der Waals surface area (Å²) in [4.78, 5) is 4.35. The molecule has 0 saturated heterocycles. The molecule has 0 spiro atoms. The Kier molecular flexibility index (Phi) is 3.93. The molecule has 0 bridgehead atoms. The Labute approximate surface area is 149 Å². The van der Waals surface area contributed by atoms with E-state index in [9.17, 15) is 10.5 Å². The van der Waals surface area contributed by atoms with Crippen molar-refractivity contribution in [2.75, 3.05) is 16.8 Å². The normalized spacial score (nSPS) is 15.8. The van der Waals surface area contributed by atoms with Crippen LogP contribution in [0.5, 0.6) is 0 Å². The highest BCUT2D eigenvalue weighted by Gasteiger charge is 2.35. The van der Waals surface area contributed by atoms with Gasteiger partial charge in [-0.1, -0.05) is 0 Å². The number of nitriles is 2. The standard InChI is InChI=1S/C21H22N4/c1-12-7-19(15(4)14(3)13(12)2)25-16(5)24(6)21-18(11-23)8-17(10-22)9-20(21)25/h7-9,16H,1-6H3/t16-/m0/s1. The van der Waals surface area contributed by atoms with Crippen LogP contribution in [0.2, 0.25) is 0 Å². The van der Waals surface area contributed by atoms with Gasteiger partial charge < -0.3 is 9.80 Å². The quantitative estimate of drug-likeness (QED) is 0.767. The highest BCUT2D eigenvalue weighted by atomic mass is 15.4. The molecule has 0 aliphatic carbocycles. The van der Waals surface area contributed by atoms with Crippen LogP contribution in [0.15, 0.2) is 18.2 Å². The number of hydrogen-bond donors (Lipinski definition) is 0. The first-order valence-electron chi connectivity index (χ1n) is 8.39. The van der Waals surface area contributed by atoms with Crippen LogP contribution in [0.3, 0.4) is 0 Å². The summed E-state index contributed by atoms with van der Waals surface area (Å²) in [5, 5.41) is 18.9. The zero-order valence-electron chi connectivity index (χ0n) is 15.6. The summed E-state index contributed by atoms with van der Waals surface area (Å²) in [6.07, 6.45) is 0.0660. The number of anilines is 3. The first kappa shape index (κ1) is 16.9. The monoisotopic (exact) mass is 330 g/mol. The maximum Gasteiger partial charge on any atom is 0.103 e. The molecule has 1 heterocycles. The lowest BCUT2D eigenvalue weighted by atomic mass is 9.96. The average Bonchev–Trinajstić information content (AvgIpc) is 2.86. The van der Waals surface area contributed by atoms with E-state index in [1.807, 2.05) is 13.1 Å². The number of aryl methyl sites for hydroxylation is 1. The maximum atomic E-state index is 9.56. The van der Waals surface area contributed by atoms with Gasteiger partial charge in [-0.25, -0.2) is 0 Å². The van der Waals surface area contributed by atoms with Crippen LogP contribution in [0.4, 0.5) is 17.1 Å². The summed E-state index contributed by atoms with van der Waals surface area (Å²) in [6, 6.07) is 10.2. The van der Waals surface area contributed by atoms with Crippen molar-refractivity contribution >= 4 is 17.1 Å². The van der Waals surface area contributed by atoms with Crippen molar-refractivity contribution in [1.82, 2.24) is 0 Å². The van der Waals surface area contributed by atoms with Crippen LogP contribution in [0.1, 0.15) is 40.3 Å². The van der Waals surface area contributed by atoms with Gasteiger partial charge in [0.25, 0.3) is 0 Å². The third-order valence-electron chi connectivity index (χ3n) is 5.60. The number of fused-ring (bicyclic) bond motifs is 1. The number of nitrogens with zero attached hydrogens (tertiary/aromatic N) is 4. The Morgan fingerprint density at radius 3 is 2.16 bits per heavy atom. The molecule has 0 amide bonds. The molecule has 0 saturated carbocycles. The Balaban J connectivity index is 2.33. The SMILES string of the molecule is Cc1cc(N2c3cc(C#N)cc(C#N)c3N(C)[C@@H]2C)c(C)c(C)c1C. The van der Waals surface area contributed by atoms with Gasteiger partial charge in [-0.15, -0.1) is 0 Å². The Morgan fingerprint density at radius 2 is 1.56 bits per heavy atom. The predicted molar refractivity (Wildman–Crippen MR) is 101 cm³/mol. The molecule has 0 aromatic heterocycles. The van der Waals surface area contributed by atoms with Crippen LogP contribution in [-0.2, 0) is 0 Å². The fourth-order valence-electron chi connectivity index (χ4n) is 3.66. The molecule has 1 atom stereocenters. The number of benzene rings is 2. The lowest BCUT2D eigenvalue weighted by molar-refractivity contribution is 0.731. The second-order valence-electron chi connectivity index (χ2n) is 6.82. The van der Waals surface area contributed by atoms with Crippen LogP contribution >= 0.6 is 0 Å². The van der Waals surface area contributed by atoms with Crippen molar-refractivity contribution in [2.24, 2.45) is 0 Å². The molecule has 1 aliphatic rings. The molecule has 0 N–H and O–H groups in total. The fourth-order valence-corrected chi connectivity index (χ4v) is 3.66. The van der Waals surface area contributed by atoms with E-state index < -0.39 is 0 Å². The van der Waals surface area contributed by atoms with Gasteiger partial charge in [0, 0.05) is 12.7 Å². The zero-order chi connectivity index (χ0) is 18.5. The van der Waals surface area contributed by atoms with Crippen molar-refractivity contribution < 1.29 is 0 Å². The molecule has 3 rings (SSSR count). The van der Waals surface area contributed by atoms with E-state index in [-0.39, 0.29) is 6.17 Å². The average molecular weight is 330 g/mol. The molecule has 0 fully saturated rings. The van der Waals surface area contributed by atoms with E-state index >= 15 is 0 Å². The molecular weight excluding hydrogens is 308 g/mol. The van der Waals surface area contributed by atoms with Crippen molar-refractivity contribution in [3.05, 3.63) is 51.6 Å². The third-order valence-corrected chi connectivity index (χ3v) is 5.60. The van der Waals surface area contributed by atoms with Gasteiger partial charge in [0.15, 0.2) is 0 Å². The van der Waals surface area contributed by atoms with Crippen LogP contribution in [-0.4, -0.2) is 13.2 Å².